The summed E-state index contributed by atoms with van der Waals surface area (Å²) in [4.78, 5) is 116. The van der Waals surface area contributed by atoms with Gasteiger partial charge in [-0.2, -0.15) is 8.62 Å². The first-order valence-electron chi connectivity index (χ1n) is 17.9. The third kappa shape index (κ3) is 25.1. The van der Waals surface area contributed by atoms with Gasteiger partial charge in [0.25, 0.3) is 5.08 Å². The van der Waals surface area contributed by atoms with Crippen molar-refractivity contribution in [3.63, 3.8) is 0 Å². The topological polar surface area (TPSA) is 719 Å². The molecule has 3 rings (SSSR count). The summed E-state index contributed by atoms with van der Waals surface area (Å²) >= 11 is 0. The molecule has 51 heteroatoms. The van der Waals surface area contributed by atoms with Gasteiger partial charge in [0.05, 0.1) is 12.9 Å². The highest BCUT2D eigenvalue weighted by molar-refractivity contribution is 7.72. The molecule has 43 nitrogen and oxygen atoms in total. The van der Waals surface area contributed by atoms with Crippen molar-refractivity contribution in [1.82, 2.24) is 35.2 Å². The maximum atomic E-state index is 11.8. The molecule has 1 saturated heterocycles. The van der Waals surface area contributed by atoms with Crippen molar-refractivity contribution in [2.75, 3.05) is 33.1 Å². The molecule has 0 aliphatic carbocycles. The lowest BCUT2D eigenvalue weighted by Gasteiger charge is -2.28. The Morgan fingerprint density at radius 3 is 1.67 bits per heavy atom. The Hall–Kier alpha value is -2.23. The number of nitrogens with two attached hydrogens (primary N) is 3. The summed E-state index contributed by atoms with van der Waals surface area (Å²) in [5.74, 6) is -1.06. The van der Waals surface area contributed by atoms with Crippen LogP contribution in [-0.2, 0) is 72.5 Å². The highest BCUT2D eigenvalue weighted by Crippen LogP contribution is 2.69. The number of guanidine groups is 2. The number of aliphatic hydroxyl groups excluding tert-OH is 2. The third-order valence-electron chi connectivity index (χ3n) is 7.24. The van der Waals surface area contributed by atoms with Crippen LogP contribution in [0.15, 0.2) is 12.7 Å². The number of phosphoric acid groups is 5. The quantitative estimate of drug-likeness (QED) is 0.0243. The second-order valence-electron chi connectivity index (χ2n) is 12.9. The van der Waals surface area contributed by atoms with Crippen molar-refractivity contribution in [3.8, 4) is 0 Å². The van der Waals surface area contributed by atoms with E-state index >= 15 is 0 Å². The van der Waals surface area contributed by atoms with Gasteiger partial charge >= 0.3 is 62.1 Å². The smallest absolute Gasteiger partial charge is 0.387 e. The zero-order chi connectivity index (χ0) is 56.9. The minimum atomic E-state index is -5.70. The number of nitrogens with zero attached hydrogens (tertiary/aromatic N) is 4. The summed E-state index contributed by atoms with van der Waals surface area (Å²) in [6.07, 6.45) is -6.56. The number of hydrogen-bond donors (Lipinski definition) is 23. The first kappa shape index (κ1) is 69.8. The van der Waals surface area contributed by atoms with Crippen LogP contribution in [0, 0.1) is 10.8 Å². The lowest BCUT2D eigenvalue weighted by molar-refractivity contribution is -0.0503. The number of aliphatic hydroxyl groups is 3. The van der Waals surface area contributed by atoms with Crippen LogP contribution in [0.2, 0.25) is 0 Å². The average Bonchev–Trinajstić information content (AvgIpc) is 3.71. The maximum Gasteiger partial charge on any atom is 0.490 e. The van der Waals surface area contributed by atoms with Crippen LogP contribution in [0.4, 0.5) is 5.82 Å². The molecular weight excluding hydrogens is 1160 g/mol. The van der Waals surface area contributed by atoms with Crippen LogP contribution >= 0.6 is 62.1 Å². The van der Waals surface area contributed by atoms with Gasteiger partial charge in [-0.1, -0.05) is 0 Å². The summed E-state index contributed by atoms with van der Waals surface area (Å²) in [7, 11) is -38.1. The molecule has 1 fully saturated rings. The molecule has 26 N–H and O–H groups in total. The number of phosphoric ester groups is 3. The molecule has 72 heavy (non-hydrogen) atoms. The van der Waals surface area contributed by atoms with Crippen LogP contribution in [-0.4, -0.2) is 169 Å². The van der Waals surface area contributed by atoms with Crippen molar-refractivity contribution in [1.29, 1.82) is 10.8 Å². The Balaban J connectivity index is 0.00000104. The predicted octanol–water partition coefficient (Wildman–Crippen LogP) is -4.41. The summed E-state index contributed by atoms with van der Waals surface area (Å²) in [6.45, 7) is 1.26. The fraction of sp³-hybridized carbons (Fsp3) is 0.667. The molecule has 3 heterocycles. The van der Waals surface area contributed by atoms with E-state index in [4.69, 9.17) is 91.7 Å². The van der Waals surface area contributed by atoms with Crippen molar-refractivity contribution in [2.24, 2.45) is 11.5 Å². The molecule has 1 aliphatic rings. The number of ether oxygens (including phenoxy) is 1. The average molecular weight is 1220 g/mol. The third-order valence-corrected chi connectivity index (χ3v) is 17.5. The highest BCUT2D eigenvalue weighted by Gasteiger charge is 2.58. The Morgan fingerprint density at radius 2 is 1.26 bits per heavy atom. The number of nitrogens with one attached hydrogen (secondary N) is 5. The van der Waals surface area contributed by atoms with E-state index in [0.717, 1.165) is 20.5 Å². The number of fused-ring (bicyclic) bond motifs is 1. The molecule has 2 aromatic rings. The zero-order valence-electron chi connectivity index (χ0n) is 36.6. The molecular formula is C21H52N12O31P8. The molecule has 6 unspecified atom stereocenters. The second-order valence-corrected chi connectivity index (χ2v) is 25.7. The Labute approximate surface area is 402 Å². The molecule has 0 bridgehead atoms. The number of nitrogen functional groups attached to an aromatic ring is 1. The van der Waals surface area contributed by atoms with Crippen molar-refractivity contribution < 1.29 is 147 Å². The van der Waals surface area contributed by atoms with E-state index in [2.05, 4.69) is 56.8 Å². The first-order valence-corrected chi connectivity index (χ1v) is 30.2. The van der Waals surface area contributed by atoms with Gasteiger partial charge in [-0.05, 0) is 20.4 Å². The number of aromatic nitrogens is 4. The van der Waals surface area contributed by atoms with Crippen LogP contribution in [0.5, 0.6) is 0 Å². The Kier molecular flexibility index (Phi) is 26.8. The SMILES string of the molecule is COP(=O)(O)OC(C)NC(=N)N.COP(=O)(O)OC(C)NC(=N)NP(=O)(O)O.NCCC(O)(P(=O)(O)O)P(=O)(O)O.Nc1ncnc2c1ncn2[C@@H]1O[C@H](COP(=O)(O)OP(=O)(O)OP(=O)(O)O)[C@@H](O)[C@H]1O. The molecule has 10 atom stereocenters. The molecule has 1 aliphatic heterocycles. The predicted molar refractivity (Wildman–Crippen MR) is 234 cm³/mol. The van der Waals surface area contributed by atoms with Crippen molar-refractivity contribution >= 4 is 91.0 Å². The van der Waals surface area contributed by atoms with Gasteiger partial charge < -0.3 is 107 Å². The van der Waals surface area contributed by atoms with Crippen LogP contribution in [0.1, 0.15) is 26.5 Å². The standard InChI is InChI=1S/C10H16N5O13P3.C4H13N3O7P2.C4H12N3O4P.C3H11NO7P2/c11-8-5-9(13-2-12-8)15(3-14-5)10-7(17)6(16)4(26-10)1-25-30(21,22)28-31(23,24)27-29(18,19)20;1-3(14-16(11,12)13-2)6-4(5)7-15(8,9)10;1-3(7-4(5)6)11-12(8,9)10-2;4-2-1-3(5,12(6,7)8)13(9,10)11/h2-4,6-7,10,16-17H,1H2,(H,21,22)(H,23,24)(H2,11,12,13)(H2,18,19,20);3H,1-2H3,(H,11,12)(H5,5,6,7,8,9,10);3H,1-2H3,(H,8,9)(H4,5,6,7);5H,1-2,4H2,(H2,6,7,8)(H2,9,10,11)/t4-,6-,7-,10-;;;/m1.../s1. The van der Waals surface area contributed by atoms with Crippen LogP contribution < -0.4 is 32.9 Å². The summed E-state index contributed by atoms with van der Waals surface area (Å²) in [5.41, 5.74) is 15.8. The summed E-state index contributed by atoms with van der Waals surface area (Å²) in [5, 5.41) is 45.8. The minimum Gasteiger partial charge on any atom is -0.387 e. The fourth-order valence-electron chi connectivity index (χ4n) is 4.42. The number of rotatable bonds is 21. The second kappa shape index (κ2) is 27.7. The zero-order valence-corrected chi connectivity index (χ0v) is 43.7. The van der Waals surface area contributed by atoms with E-state index in [0.29, 0.717) is 0 Å². The van der Waals surface area contributed by atoms with E-state index in [9.17, 15) is 51.6 Å². The van der Waals surface area contributed by atoms with Gasteiger partial charge in [0, 0.05) is 20.6 Å². The van der Waals surface area contributed by atoms with E-state index in [-0.39, 0.29) is 22.9 Å². The lowest BCUT2D eigenvalue weighted by Crippen LogP contribution is -2.40. The first-order chi connectivity index (χ1) is 32.2. The normalized spacial score (nSPS) is 21.7. The van der Waals surface area contributed by atoms with Crippen molar-refractivity contribution in [2.45, 2.75) is 62.3 Å². The molecule has 2 aromatic heterocycles. The summed E-state index contributed by atoms with van der Waals surface area (Å²) < 4.78 is 122. The van der Waals surface area contributed by atoms with E-state index in [1.165, 1.54) is 29.8 Å². The highest BCUT2D eigenvalue weighted by atomic mass is 31.3. The van der Waals surface area contributed by atoms with Gasteiger partial charge in [-0.15, -0.1) is 0 Å². The van der Waals surface area contributed by atoms with Gasteiger partial charge in [0.2, 0.25) is 0 Å². The molecule has 0 radical (unpaired) electrons. The summed E-state index contributed by atoms with van der Waals surface area (Å²) in [6, 6.07) is 0. The van der Waals surface area contributed by atoms with E-state index in [1.807, 2.05) is 0 Å². The largest absolute Gasteiger partial charge is 0.490 e. The Bertz CT molecular complexity index is 2500. The monoisotopic (exact) mass is 1220 g/mol. The molecule has 0 spiro atoms. The van der Waals surface area contributed by atoms with Crippen LogP contribution in [0.3, 0.4) is 0 Å². The van der Waals surface area contributed by atoms with Gasteiger partial charge in [-0.3, -0.25) is 52.2 Å². The van der Waals surface area contributed by atoms with Gasteiger partial charge in [-0.25, -0.2) is 42.3 Å². The number of imidazole rings is 1. The lowest BCUT2D eigenvalue weighted by atomic mass is 10.1. The van der Waals surface area contributed by atoms with Gasteiger partial charge in [0.15, 0.2) is 29.6 Å². The van der Waals surface area contributed by atoms with E-state index in [1.54, 1.807) is 0 Å². The molecule has 422 valence electrons. The Morgan fingerprint density at radius 1 is 0.778 bits per heavy atom. The molecule has 0 aromatic carbocycles. The minimum absolute atomic E-state index is 0.0426. The fourth-order valence-corrected chi connectivity index (χ4v) is 11.1. The van der Waals surface area contributed by atoms with E-state index < -0.39 is 130 Å². The maximum absolute atomic E-state index is 11.8. The van der Waals surface area contributed by atoms with Gasteiger partial charge in [0.1, 0.15) is 42.6 Å². The molecule has 0 amide bonds. The number of hydrogen-bond acceptors (Lipinski definition) is 26. The van der Waals surface area contributed by atoms with Crippen LogP contribution in [0.25, 0.3) is 11.2 Å². The number of anilines is 1. The molecule has 0 saturated carbocycles. The van der Waals surface area contributed by atoms with Crippen molar-refractivity contribution in [3.05, 3.63) is 12.7 Å².